The molecule has 1 aromatic carbocycles. The van der Waals surface area contributed by atoms with Gasteiger partial charge in [-0.2, -0.15) is 5.10 Å². The highest BCUT2D eigenvalue weighted by Gasteiger charge is 1.99. The highest BCUT2D eigenvalue weighted by molar-refractivity contribution is 5.89. The van der Waals surface area contributed by atoms with Gasteiger partial charge in [-0.15, -0.1) is 5.10 Å². The Balaban J connectivity index is 2.86. The number of nitrogen functional groups attached to an aromatic ring is 1. The van der Waals surface area contributed by atoms with Crippen molar-refractivity contribution in [2.24, 2.45) is 0 Å². The van der Waals surface area contributed by atoms with E-state index >= 15 is 0 Å². The van der Waals surface area contributed by atoms with Crippen LogP contribution in [0.3, 0.4) is 0 Å². The molecular weight excluding hydrogens is 157 g/mol. The summed E-state index contributed by atoms with van der Waals surface area (Å²) in [4.78, 5) is 0. The molecule has 0 aliphatic carbocycles. The Kier molecular flexibility index (Phi) is 1.40. The first-order valence-electron chi connectivity index (χ1n) is 3.44. The van der Waals surface area contributed by atoms with Gasteiger partial charge in [0, 0.05) is 10.8 Å². The lowest BCUT2D eigenvalue weighted by Gasteiger charge is -1.98. The average molecular weight is 163 g/mol. The summed E-state index contributed by atoms with van der Waals surface area (Å²) in [6.07, 6.45) is 1.48. The molecule has 0 amide bonds. The zero-order valence-corrected chi connectivity index (χ0v) is 6.16. The number of aromatic nitrogens is 2. The molecule has 1 heterocycles. The largest absolute Gasteiger partial charge is 0.382 e. The minimum absolute atomic E-state index is 0.296. The number of hydrogen-bond donors (Lipinski definition) is 1. The van der Waals surface area contributed by atoms with Crippen molar-refractivity contribution in [1.82, 2.24) is 10.2 Å². The fourth-order valence-corrected chi connectivity index (χ4v) is 1.08. The van der Waals surface area contributed by atoms with Crippen molar-refractivity contribution in [3.8, 4) is 0 Å². The van der Waals surface area contributed by atoms with E-state index in [2.05, 4.69) is 10.2 Å². The Bertz CT molecular complexity index is 428. The number of anilines is 1. The third-order valence-corrected chi connectivity index (χ3v) is 1.65. The van der Waals surface area contributed by atoms with E-state index in [1.807, 2.05) is 0 Å². The lowest BCUT2D eigenvalue weighted by Crippen LogP contribution is -1.93. The summed E-state index contributed by atoms with van der Waals surface area (Å²) in [6.45, 7) is 0. The van der Waals surface area contributed by atoms with E-state index in [4.69, 9.17) is 5.73 Å². The maximum atomic E-state index is 12.7. The van der Waals surface area contributed by atoms with E-state index in [9.17, 15) is 4.39 Å². The normalized spacial score (nSPS) is 10.4. The second kappa shape index (κ2) is 2.41. The van der Waals surface area contributed by atoms with Crippen LogP contribution in [0.1, 0.15) is 0 Å². The van der Waals surface area contributed by atoms with Gasteiger partial charge in [0.2, 0.25) is 0 Å². The van der Waals surface area contributed by atoms with Gasteiger partial charge in [-0.3, -0.25) is 0 Å². The quantitative estimate of drug-likeness (QED) is 0.637. The first kappa shape index (κ1) is 6.97. The third kappa shape index (κ3) is 0.972. The van der Waals surface area contributed by atoms with E-state index in [1.165, 1.54) is 18.3 Å². The van der Waals surface area contributed by atoms with Gasteiger partial charge < -0.3 is 5.73 Å². The summed E-state index contributed by atoms with van der Waals surface area (Å²) in [5, 5.41) is 8.65. The molecule has 60 valence electrons. The van der Waals surface area contributed by atoms with Gasteiger partial charge in [-0.25, -0.2) is 4.39 Å². The zero-order chi connectivity index (χ0) is 8.55. The monoisotopic (exact) mass is 163 g/mol. The number of hydrogen-bond acceptors (Lipinski definition) is 3. The van der Waals surface area contributed by atoms with Crippen LogP contribution in [0.2, 0.25) is 0 Å². The van der Waals surface area contributed by atoms with Gasteiger partial charge in [0.25, 0.3) is 0 Å². The minimum Gasteiger partial charge on any atom is -0.382 e. The van der Waals surface area contributed by atoms with Gasteiger partial charge in [0.1, 0.15) is 5.82 Å². The summed E-state index contributed by atoms with van der Waals surface area (Å²) in [5.74, 6) is 0.0300. The molecule has 0 radical (unpaired) electrons. The SMILES string of the molecule is Nc1nncc2cc(F)ccc12. The highest BCUT2D eigenvalue weighted by atomic mass is 19.1. The van der Waals surface area contributed by atoms with Gasteiger partial charge in [0.05, 0.1) is 6.20 Å². The van der Waals surface area contributed by atoms with Crippen molar-refractivity contribution in [1.29, 1.82) is 0 Å². The molecule has 0 spiro atoms. The minimum atomic E-state index is -0.296. The number of halogens is 1. The van der Waals surface area contributed by atoms with Crippen LogP contribution >= 0.6 is 0 Å². The summed E-state index contributed by atoms with van der Waals surface area (Å²) in [5.41, 5.74) is 5.51. The van der Waals surface area contributed by atoms with E-state index < -0.39 is 0 Å². The summed E-state index contributed by atoms with van der Waals surface area (Å²) in [6, 6.07) is 4.31. The number of rotatable bonds is 0. The predicted molar refractivity (Wildman–Crippen MR) is 43.9 cm³/mol. The Labute approximate surface area is 68.0 Å². The first-order chi connectivity index (χ1) is 5.77. The van der Waals surface area contributed by atoms with E-state index in [0.29, 0.717) is 11.2 Å². The molecule has 0 atom stereocenters. The molecule has 2 N–H and O–H groups in total. The lowest BCUT2D eigenvalue weighted by atomic mass is 10.2. The van der Waals surface area contributed by atoms with Crippen LogP contribution in [-0.4, -0.2) is 10.2 Å². The molecule has 0 aliphatic heterocycles. The summed E-state index contributed by atoms with van der Waals surface area (Å²) < 4.78 is 12.7. The molecule has 0 aliphatic rings. The maximum absolute atomic E-state index is 12.7. The van der Waals surface area contributed by atoms with E-state index in [-0.39, 0.29) is 5.82 Å². The zero-order valence-electron chi connectivity index (χ0n) is 6.16. The fourth-order valence-electron chi connectivity index (χ4n) is 1.08. The topological polar surface area (TPSA) is 51.8 Å². The molecule has 12 heavy (non-hydrogen) atoms. The smallest absolute Gasteiger partial charge is 0.153 e. The molecule has 0 saturated carbocycles. The van der Waals surface area contributed by atoms with Crippen molar-refractivity contribution < 1.29 is 4.39 Å². The van der Waals surface area contributed by atoms with Crippen molar-refractivity contribution in [3.63, 3.8) is 0 Å². The Hall–Kier alpha value is -1.71. The molecule has 2 rings (SSSR count). The van der Waals surface area contributed by atoms with E-state index in [1.54, 1.807) is 6.07 Å². The lowest BCUT2D eigenvalue weighted by molar-refractivity contribution is 0.629. The van der Waals surface area contributed by atoms with Crippen molar-refractivity contribution in [2.45, 2.75) is 0 Å². The molecule has 0 bridgehead atoms. The van der Waals surface area contributed by atoms with Gasteiger partial charge in [-0.05, 0) is 18.2 Å². The standard InChI is InChI=1S/C8H6FN3/c9-6-1-2-7-5(3-6)4-11-12-8(7)10/h1-4H,(H2,10,12). The third-order valence-electron chi connectivity index (χ3n) is 1.65. The maximum Gasteiger partial charge on any atom is 0.153 e. The molecule has 0 fully saturated rings. The second-order valence-electron chi connectivity index (χ2n) is 2.46. The van der Waals surface area contributed by atoms with Crippen molar-refractivity contribution in [2.75, 3.05) is 5.73 Å². The average Bonchev–Trinajstić information content (AvgIpc) is 2.04. The van der Waals surface area contributed by atoms with Crippen molar-refractivity contribution >= 4 is 16.6 Å². The Morgan fingerprint density at radius 1 is 1.33 bits per heavy atom. The molecule has 0 unspecified atom stereocenters. The van der Waals surface area contributed by atoms with Crippen molar-refractivity contribution in [3.05, 3.63) is 30.2 Å². The summed E-state index contributed by atoms with van der Waals surface area (Å²) in [7, 11) is 0. The number of fused-ring (bicyclic) bond motifs is 1. The number of benzene rings is 1. The van der Waals surface area contributed by atoms with Gasteiger partial charge in [-0.1, -0.05) is 0 Å². The van der Waals surface area contributed by atoms with Crippen LogP contribution in [0.4, 0.5) is 10.2 Å². The molecular formula is C8H6FN3. The Morgan fingerprint density at radius 3 is 3.00 bits per heavy atom. The molecule has 2 aromatic rings. The molecule has 3 nitrogen and oxygen atoms in total. The van der Waals surface area contributed by atoms with E-state index in [0.717, 1.165) is 5.39 Å². The van der Waals surface area contributed by atoms with Crippen LogP contribution in [0.15, 0.2) is 24.4 Å². The predicted octanol–water partition coefficient (Wildman–Crippen LogP) is 1.35. The van der Waals surface area contributed by atoms with Crippen LogP contribution in [0.25, 0.3) is 10.8 Å². The number of nitrogens with two attached hydrogens (primary N) is 1. The highest BCUT2D eigenvalue weighted by Crippen LogP contribution is 2.17. The van der Waals surface area contributed by atoms with Gasteiger partial charge in [0.15, 0.2) is 5.82 Å². The Morgan fingerprint density at radius 2 is 2.17 bits per heavy atom. The van der Waals surface area contributed by atoms with Crippen LogP contribution < -0.4 is 5.73 Å². The number of nitrogens with zero attached hydrogens (tertiary/aromatic N) is 2. The van der Waals surface area contributed by atoms with Crippen LogP contribution in [-0.2, 0) is 0 Å². The fraction of sp³-hybridized carbons (Fsp3) is 0. The van der Waals surface area contributed by atoms with Gasteiger partial charge >= 0.3 is 0 Å². The van der Waals surface area contributed by atoms with Crippen LogP contribution in [0, 0.1) is 5.82 Å². The second-order valence-corrected chi connectivity index (χ2v) is 2.46. The first-order valence-corrected chi connectivity index (χ1v) is 3.44. The molecule has 1 aromatic heterocycles. The summed E-state index contributed by atoms with van der Waals surface area (Å²) >= 11 is 0. The molecule has 0 saturated heterocycles. The van der Waals surface area contributed by atoms with Crippen LogP contribution in [0.5, 0.6) is 0 Å². The molecule has 4 heteroatoms.